The van der Waals surface area contributed by atoms with E-state index < -0.39 is 0 Å². The van der Waals surface area contributed by atoms with E-state index in [9.17, 15) is 4.79 Å². The minimum Gasteiger partial charge on any atom is -0.381 e. The number of aromatic nitrogens is 2. The first-order chi connectivity index (χ1) is 8.27. The number of nitrogens with zero attached hydrogens (tertiary/aromatic N) is 2. The second-order valence-electron chi connectivity index (χ2n) is 5.05. The molecule has 3 heterocycles. The Bertz CT molecular complexity index is 441. The Morgan fingerprint density at radius 1 is 1.35 bits per heavy atom. The molecule has 92 valence electrons. The van der Waals surface area contributed by atoms with Gasteiger partial charge in [0.05, 0.1) is 6.61 Å². The molecule has 0 radical (unpaired) electrons. The van der Waals surface area contributed by atoms with Gasteiger partial charge in [0, 0.05) is 32.0 Å². The Balaban J connectivity index is 1.70. The maximum absolute atomic E-state index is 11.2. The first kappa shape index (κ1) is 10.8. The molecule has 0 atom stereocenters. The summed E-state index contributed by atoms with van der Waals surface area (Å²) in [6.45, 7) is 3.71. The molecule has 2 aliphatic heterocycles. The van der Waals surface area contributed by atoms with Gasteiger partial charge in [0.2, 0.25) is 5.95 Å². The molecule has 5 nitrogen and oxygen atoms in total. The van der Waals surface area contributed by atoms with Crippen molar-refractivity contribution in [3.05, 3.63) is 22.6 Å². The highest BCUT2D eigenvalue weighted by molar-refractivity contribution is 5.29. The van der Waals surface area contributed by atoms with Gasteiger partial charge in [-0.3, -0.25) is 9.78 Å². The lowest BCUT2D eigenvalue weighted by atomic mass is 9.78. The lowest BCUT2D eigenvalue weighted by Crippen LogP contribution is -2.41. The SMILES string of the molecule is O=c1ccnc(N2CCC3(CCOC3)CC2)[nH]1. The van der Waals surface area contributed by atoms with Crippen LogP contribution in [0.1, 0.15) is 19.3 Å². The van der Waals surface area contributed by atoms with Gasteiger partial charge >= 0.3 is 0 Å². The molecular formula is C12H17N3O2. The lowest BCUT2D eigenvalue weighted by molar-refractivity contribution is 0.133. The van der Waals surface area contributed by atoms with Crippen LogP contribution in [-0.2, 0) is 4.74 Å². The molecule has 0 unspecified atom stereocenters. The van der Waals surface area contributed by atoms with E-state index >= 15 is 0 Å². The van der Waals surface area contributed by atoms with Crippen LogP contribution in [0.4, 0.5) is 5.95 Å². The zero-order valence-corrected chi connectivity index (χ0v) is 9.82. The Morgan fingerprint density at radius 3 is 2.82 bits per heavy atom. The molecule has 3 rings (SSSR count). The molecule has 17 heavy (non-hydrogen) atoms. The summed E-state index contributed by atoms with van der Waals surface area (Å²) in [6, 6.07) is 1.44. The van der Waals surface area contributed by atoms with E-state index in [1.807, 2.05) is 0 Å². The number of H-pyrrole nitrogens is 1. The molecule has 0 saturated carbocycles. The number of piperidine rings is 1. The summed E-state index contributed by atoms with van der Waals surface area (Å²) in [4.78, 5) is 20.4. The molecule has 1 aromatic heterocycles. The van der Waals surface area contributed by atoms with Crippen molar-refractivity contribution in [1.29, 1.82) is 0 Å². The summed E-state index contributed by atoms with van der Waals surface area (Å²) >= 11 is 0. The van der Waals surface area contributed by atoms with Crippen molar-refractivity contribution in [3.63, 3.8) is 0 Å². The molecule has 2 aliphatic rings. The van der Waals surface area contributed by atoms with Crippen molar-refractivity contribution in [2.45, 2.75) is 19.3 Å². The molecule has 2 saturated heterocycles. The highest BCUT2D eigenvalue weighted by atomic mass is 16.5. The van der Waals surface area contributed by atoms with Crippen molar-refractivity contribution in [1.82, 2.24) is 9.97 Å². The number of anilines is 1. The Kier molecular flexibility index (Phi) is 2.63. The number of hydrogen-bond acceptors (Lipinski definition) is 4. The fourth-order valence-corrected chi connectivity index (χ4v) is 2.76. The van der Waals surface area contributed by atoms with Gasteiger partial charge in [-0.2, -0.15) is 0 Å². The Morgan fingerprint density at radius 2 is 2.18 bits per heavy atom. The van der Waals surface area contributed by atoms with Gasteiger partial charge < -0.3 is 9.64 Å². The van der Waals surface area contributed by atoms with E-state index in [0.717, 1.165) is 39.1 Å². The third-order valence-electron chi connectivity index (χ3n) is 3.97. The first-order valence-electron chi connectivity index (χ1n) is 6.16. The van der Waals surface area contributed by atoms with Crippen LogP contribution in [0.2, 0.25) is 0 Å². The molecule has 0 aromatic carbocycles. The van der Waals surface area contributed by atoms with E-state index in [2.05, 4.69) is 14.9 Å². The second kappa shape index (κ2) is 4.14. The average molecular weight is 235 g/mol. The van der Waals surface area contributed by atoms with Crippen molar-refractivity contribution < 1.29 is 4.74 Å². The van der Waals surface area contributed by atoms with E-state index in [-0.39, 0.29) is 5.56 Å². The van der Waals surface area contributed by atoms with Crippen molar-refractivity contribution in [2.24, 2.45) is 5.41 Å². The Labute approximate surface area is 99.8 Å². The number of hydrogen-bond donors (Lipinski definition) is 1. The minimum absolute atomic E-state index is 0.0838. The zero-order chi connectivity index (χ0) is 11.7. The van der Waals surface area contributed by atoms with E-state index in [1.54, 1.807) is 6.20 Å². The average Bonchev–Trinajstić information content (AvgIpc) is 2.79. The van der Waals surface area contributed by atoms with Crippen LogP contribution >= 0.6 is 0 Å². The van der Waals surface area contributed by atoms with Crippen LogP contribution in [0.3, 0.4) is 0 Å². The van der Waals surface area contributed by atoms with Crippen molar-refractivity contribution in [2.75, 3.05) is 31.2 Å². The molecule has 1 aromatic rings. The highest BCUT2D eigenvalue weighted by Gasteiger charge is 2.38. The van der Waals surface area contributed by atoms with Gasteiger partial charge in [0.1, 0.15) is 0 Å². The van der Waals surface area contributed by atoms with Crippen LogP contribution in [0.15, 0.2) is 17.1 Å². The maximum atomic E-state index is 11.2. The highest BCUT2D eigenvalue weighted by Crippen LogP contribution is 2.39. The first-order valence-corrected chi connectivity index (χ1v) is 6.16. The normalized spacial score (nSPS) is 23.2. The van der Waals surface area contributed by atoms with Crippen LogP contribution in [0.5, 0.6) is 0 Å². The number of ether oxygens (including phenoxy) is 1. The fraction of sp³-hybridized carbons (Fsp3) is 0.667. The van der Waals surface area contributed by atoms with Gasteiger partial charge in [-0.1, -0.05) is 0 Å². The summed E-state index contributed by atoms with van der Waals surface area (Å²) in [5, 5.41) is 0. The maximum Gasteiger partial charge on any atom is 0.252 e. The number of nitrogens with one attached hydrogen (secondary N) is 1. The summed E-state index contributed by atoms with van der Waals surface area (Å²) in [7, 11) is 0. The molecule has 0 bridgehead atoms. The summed E-state index contributed by atoms with van der Waals surface area (Å²) < 4.78 is 5.51. The largest absolute Gasteiger partial charge is 0.381 e. The molecule has 1 N–H and O–H groups in total. The quantitative estimate of drug-likeness (QED) is 0.781. The number of rotatable bonds is 1. The van der Waals surface area contributed by atoms with E-state index in [0.29, 0.717) is 11.4 Å². The van der Waals surface area contributed by atoms with Gasteiger partial charge in [-0.25, -0.2) is 4.98 Å². The lowest BCUT2D eigenvalue weighted by Gasteiger charge is -2.38. The topological polar surface area (TPSA) is 58.2 Å². The Hall–Kier alpha value is -1.36. The van der Waals surface area contributed by atoms with Crippen LogP contribution in [-0.4, -0.2) is 36.3 Å². The monoisotopic (exact) mass is 235 g/mol. The third kappa shape index (κ3) is 2.07. The molecule has 0 aliphatic carbocycles. The molecule has 1 spiro atoms. The second-order valence-corrected chi connectivity index (χ2v) is 5.05. The van der Waals surface area contributed by atoms with Crippen LogP contribution in [0.25, 0.3) is 0 Å². The molecule has 0 amide bonds. The van der Waals surface area contributed by atoms with Gasteiger partial charge in [-0.15, -0.1) is 0 Å². The minimum atomic E-state index is -0.0838. The van der Waals surface area contributed by atoms with Gasteiger partial charge in [0.25, 0.3) is 5.56 Å². The van der Waals surface area contributed by atoms with Crippen molar-refractivity contribution >= 4 is 5.95 Å². The third-order valence-corrected chi connectivity index (χ3v) is 3.97. The van der Waals surface area contributed by atoms with Gasteiger partial charge in [-0.05, 0) is 24.7 Å². The van der Waals surface area contributed by atoms with Crippen LogP contribution in [0, 0.1) is 5.41 Å². The standard InChI is InChI=1S/C12H17N3O2/c16-10-1-5-13-11(14-10)15-6-2-12(3-7-15)4-8-17-9-12/h1,5H,2-4,6-9H2,(H,13,14,16). The number of aromatic amines is 1. The zero-order valence-electron chi connectivity index (χ0n) is 9.82. The summed E-state index contributed by atoms with van der Waals surface area (Å²) in [5.74, 6) is 0.700. The predicted octanol–water partition coefficient (Wildman–Crippen LogP) is 0.777. The van der Waals surface area contributed by atoms with Crippen LogP contribution < -0.4 is 10.5 Å². The molecular weight excluding hydrogens is 218 g/mol. The van der Waals surface area contributed by atoms with Gasteiger partial charge in [0.15, 0.2) is 0 Å². The van der Waals surface area contributed by atoms with E-state index in [4.69, 9.17) is 4.74 Å². The summed E-state index contributed by atoms with van der Waals surface area (Å²) in [5.41, 5.74) is 0.311. The molecule has 5 heteroatoms. The summed E-state index contributed by atoms with van der Waals surface area (Å²) in [6.07, 6.45) is 5.01. The van der Waals surface area contributed by atoms with E-state index in [1.165, 1.54) is 12.5 Å². The smallest absolute Gasteiger partial charge is 0.252 e. The molecule has 2 fully saturated rings. The predicted molar refractivity (Wildman–Crippen MR) is 64.2 cm³/mol. The fourth-order valence-electron chi connectivity index (χ4n) is 2.76. The van der Waals surface area contributed by atoms with Crippen molar-refractivity contribution in [3.8, 4) is 0 Å².